The molecule has 2 aromatic carbocycles. The van der Waals surface area contributed by atoms with E-state index in [-0.39, 0.29) is 25.9 Å². The van der Waals surface area contributed by atoms with Crippen LogP contribution in [0.15, 0.2) is 71.9 Å². The molecule has 1 heterocycles. The molecule has 1 atom stereocenters. The van der Waals surface area contributed by atoms with Crippen molar-refractivity contribution in [3.8, 4) is 11.1 Å². The molecule has 3 aromatic rings. The van der Waals surface area contributed by atoms with Crippen LogP contribution in [0.4, 0.5) is 13.2 Å². The van der Waals surface area contributed by atoms with Crippen LogP contribution in [-0.4, -0.2) is 55.4 Å². The Hall–Kier alpha value is -3.33. The maximum atomic E-state index is 13.8. The molecule has 0 aliphatic heterocycles. The molecule has 0 aliphatic rings. The minimum Gasteiger partial charge on any atom is -0.356 e. The van der Waals surface area contributed by atoms with E-state index in [0.717, 1.165) is 39.2 Å². The average molecular weight is 628 g/mol. The van der Waals surface area contributed by atoms with E-state index >= 15 is 0 Å². The highest BCUT2D eigenvalue weighted by molar-refractivity contribution is 7.89. The molecule has 1 amide bonds. The molecule has 1 aromatic heterocycles. The second kappa shape index (κ2) is 13.8. The van der Waals surface area contributed by atoms with Crippen LogP contribution in [0.3, 0.4) is 0 Å². The third kappa shape index (κ3) is 8.84. The standard InChI is InChI=1S/C28H32F3N3O6S2/c1-20-19-32-15-12-24(20)23-9-7-8-22(18-23)21(2)34(16-6-5-14-33-27(35)13-17-41(36,37)38)42(39,40)26-11-4-3-10-25(26)28(29,30)31/h3-4,7-12,15,18-19,21H,5-6,13-14,16-17H2,1-2H3,(H,33,35)(H,36,37,38)/t21-/m0/s1. The van der Waals surface area contributed by atoms with Gasteiger partial charge in [-0.2, -0.15) is 25.9 Å². The molecule has 0 spiro atoms. The minimum absolute atomic E-state index is 0.0719. The number of carbonyl (C=O) groups excluding carboxylic acids is 1. The zero-order valence-corrected chi connectivity index (χ0v) is 24.6. The third-order valence-corrected chi connectivity index (χ3v) is 9.37. The highest BCUT2D eigenvalue weighted by atomic mass is 32.2. The third-order valence-electron chi connectivity index (χ3n) is 6.63. The number of hydrogen-bond acceptors (Lipinski definition) is 6. The molecular formula is C28H32F3N3O6S2. The second-order valence-electron chi connectivity index (χ2n) is 9.69. The first-order valence-corrected chi connectivity index (χ1v) is 16.1. The predicted molar refractivity (Wildman–Crippen MR) is 151 cm³/mol. The molecule has 0 bridgehead atoms. The first kappa shape index (κ1) is 33.2. The molecule has 3 rings (SSSR count). The highest BCUT2D eigenvalue weighted by Gasteiger charge is 2.40. The van der Waals surface area contributed by atoms with Crippen molar-refractivity contribution in [1.29, 1.82) is 0 Å². The van der Waals surface area contributed by atoms with Crippen LogP contribution in [0.25, 0.3) is 11.1 Å². The van der Waals surface area contributed by atoms with Gasteiger partial charge in [-0.3, -0.25) is 14.3 Å². The fourth-order valence-corrected chi connectivity index (χ4v) is 6.75. The number of rotatable bonds is 13. The maximum absolute atomic E-state index is 13.8. The number of pyridine rings is 1. The molecule has 42 heavy (non-hydrogen) atoms. The summed E-state index contributed by atoms with van der Waals surface area (Å²) in [5.74, 6) is -1.35. The SMILES string of the molecule is Cc1cnccc1-c1cccc([C@H](C)N(CCCCNC(=O)CCS(=O)(=O)O)S(=O)(=O)c2ccccc2C(F)(F)F)c1. The number of aromatic nitrogens is 1. The van der Waals surface area contributed by atoms with Gasteiger partial charge in [0.25, 0.3) is 10.1 Å². The van der Waals surface area contributed by atoms with Gasteiger partial charge in [-0.15, -0.1) is 0 Å². The van der Waals surface area contributed by atoms with Gasteiger partial charge in [0.05, 0.1) is 16.2 Å². The maximum Gasteiger partial charge on any atom is 0.417 e. The summed E-state index contributed by atoms with van der Waals surface area (Å²) in [5.41, 5.74) is 1.86. The minimum atomic E-state index is -4.90. The summed E-state index contributed by atoms with van der Waals surface area (Å²) in [6, 6.07) is 12.1. The number of aryl methyl sites for hydroxylation is 1. The number of alkyl halides is 3. The van der Waals surface area contributed by atoms with E-state index in [1.54, 1.807) is 37.5 Å². The lowest BCUT2D eigenvalue weighted by atomic mass is 9.98. The van der Waals surface area contributed by atoms with Crippen molar-refractivity contribution in [3.05, 3.63) is 83.7 Å². The van der Waals surface area contributed by atoms with Gasteiger partial charge in [0.1, 0.15) is 0 Å². The van der Waals surface area contributed by atoms with E-state index in [4.69, 9.17) is 4.55 Å². The zero-order chi connectivity index (χ0) is 31.1. The van der Waals surface area contributed by atoms with Crippen molar-refractivity contribution in [1.82, 2.24) is 14.6 Å². The molecule has 2 N–H and O–H groups in total. The van der Waals surface area contributed by atoms with E-state index < -0.39 is 60.9 Å². The Kier molecular flexibility index (Phi) is 10.9. The van der Waals surface area contributed by atoms with Crippen LogP contribution in [0, 0.1) is 6.92 Å². The van der Waals surface area contributed by atoms with Crippen LogP contribution in [0.5, 0.6) is 0 Å². The average Bonchev–Trinajstić information content (AvgIpc) is 2.93. The lowest BCUT2D eigenvalue weighted by molar-refractivity contribution is -0.140. The van der Waals surface area contributed by atoms with Gasteiger partial charge in [-0.25, -0.2) is 8.42 Å². The number of hydrogen-bond donors (Lipinski definition) is 2. The van der Waals surface area contributed by atoms with Crippen molar-refractivity contribution in [2.45, 2.75) is 50.2 Å². The van der Waals surface area contributed by atoms with Crippen LogP contribution in [-0.2, 0) is 31.1 Å². The van der Waals surface area contributed by atoms with E-state index in [1.165, 1.54) is 6.07 Å². The van der Waals surface area contributed by atoms with Crippen molar-refractivity contribution >= 4 is 26.0 Å². The number of nitrogens with zero attached hydrogens (tertiary/aromatic N) is 2. The van der Waals surface area contributed by atoms with E-state index in [0.29, 0.717) is 5.56 Å². The van der Waals surface area contributed by atoms with Crippen molar-refractivity contribution in [2.75, 3.05) is 18.8 Å². The Morgan fingerprint density at radius 1 is 1.05 bits per heavy atom. The molecule has 0 fully saturated rings. The normalized spacial score (nSPS) is 13.2. The summed E-state index contributed by atoms with van der Waals surface area (Å²) in [5, 5.41) is 2.48. The monoisotopic (exact) mass is 627 g/mol. The number of benzene rings is 2. The van der Waals surface area contributed by atoms with Crippen LogP contribution < -0.4 is 5.32 Å². The van der Waals surface area contributed by atoms with E-state index in [9.17, 15) is 34.8 Å². The number of unbranched alkanes of at least 4 members (excludes halogenated alkanes) is 1. The fraction of sp³-hybridized carbons (Fsp3) is 0.357. The highest BCUT2D eigenvalue weighted by Crippen LogP contribution is 2.38. The molecule has 9 nitrogen and oxygen atoms in total. The Bertz CT molecular complexity index is 1610. The Morgan fingerprint density at radius 2 is 1.76 bits per heavy atom. The summed E-state index contributed by atoms with van der Waals surface area (Å²) in [6.45, 7) is 3.39. The lowest BCUT2D eigenvalue weighted by Crippen LogP contribution is -2.36. The van der Waals surface area contributed by atoms with Gasteiger partial charge in [-0.1, -0.05) is 30.3 Å². The van der Waals surface area contributed by atoms with E-state index in [1.807, 2.05) is 19.1 Å². The number of nitrogens with one attached hydrogen (secondary N) is 1. The van der Waals surface area contributed by atoms with E-state index in [2.05, 4.69) is 10.3 Å². The largest absolute Gasteiger partial charge is 0.417 e. The molecule has 14 heteroatoms. The molecule has 0 saturated carbocycles. The summed E-state index contributed by atoms with van der Waals surface area (Å²) in [7, 11) is -8.95. The van der Waals surface area contributed by atoms with Gasteiger partial charge in [-0.05, 0) is 73.2 Å². The Morgan fingerprint density at radius 3 is 2.43 bits per heavy atom. The lowest BCUT2D eigenvalue weighted by Gasteiger charge is -2.30. The Balaban J connectivity index is 1.89. The first-order chi connectivity index (χ1) is 19.6. The fourth-order valence-electron chi connectivity index (χ4n) is 4.43. The zero-order valence-electron chi connectivity index (χ0n) is 23.0. The predicted octanol–water partition coefficient (Wildman–Crippen LogP) is 5.00. The summed E-state index contributed by atoms with van der Waals surface area (Å²) < 4.78 is 101. The molecule has 0 unspecified atom stereocenters. The van der Waals surface area contributed by atoms with Gasteiger partial charge in [0.15, 0.2) is 0 Å². The van der Waals surface area contributed by atoms with Gasteiger partial charge in [0, 0.05) is 37.9 Å². The topological polar surface area (TPSA) is 134 Å². The first-order valence-electron chi connectivity index (χ1n) is 13.0. The molecular weight excluding hydrogens is 595 g/mol. The molecule has 0 aliphatic carbocycles. The molecule has 228 valence electrons. The van der Waals surface area contributed by atoms with Gasteiger partial charge >= 0.3 is 6.18 Å². The van der Waals surface area contributed by atoms with Crippen LogP contribution >= 0.6 is 0 Å². The molecule has 0 saturated heterocycles. The number of amides is 1. The Labute approximate surface area is 243 Å². The van der Waals surface area contributed by atoms with Crippen molar-refractivity contribution < 1.29 is 39.4 Å². The number of halogens is 3. The van der Waals surface area contributed by atoms with Crippen molar-refractivity contribution in [3.63, 3.8) is 0 Å². The summed E-state index contributed by atoms with van der Waals surface area (Å²) >= 11 is 0. The van der Waals surface area contributed by atoms with Crippen LogP contribution in [0.1, 0.15) is 48.9 Å². The number of carbonyl (C=O) groups is 1. The number of sulfonamides is 1. The van der Waals surface area contributed by atoms with Crippen LogP contribution in [0.2, 0.25) is 0 Å². The summed E-state index contributed by atoms with van der Waals surface area (Å²) in [6.07, 6.45) is -1.59. The quantitative estimate of drug-likeness (QED) is 0.201. The smallest absolute Gasteiger partial charge is 0.356 e. The van der Waals surface area contributed by atoms with Crippen molar-refractivity contribution in [2.24, 2.45) is 0 Å². The summed E-state index contributed by atoms with van der Waals surface area (Å²) in [4.78, 5) is 15.1. The van der Waals surface area contributed by atoms with Gasteiger partial charge < -0.3 is 5.32 Å². The second-order valence-corrected chi connectivity index (χ2v) is 13.1. The van der Waals surface area contributed by atoms with Gasteiger partial charge in [0.2, 0.25) is 15.9 Å². The molecule has 0 radical (unpaired) electrons.